The summed E-state index contributed by atoms with van der Waals surface area (Å²) in [6.45, 7) is 3.79. The second-order valence-electron chi connectivity index (χ2n) is 2.00. The van der Waals surface area contributed by atoms with Crippen LogP contribution in [0.5, 0.6) is 0 Å². The van der Waals surface area contributed by atoms with Crippen LogP contribution in [0.25, 0.3) is 0 Å². The minimum atomic E-state index is 0.312. The zero-order valence-corrected chi connectivity index (χ0v) is 6.96. The second kappa shape index (κ2) is 6.14. The number of carbonyl (C=O) groups is 1. The third kappa shape index (κ3) is 8.02. The van der Waals surface area contributed by atoms with Crippen molar-refractivity contribution in [3.8, 4) is 0 Å². The van der Waals surface area contributed by atoms with E-state index in [-0.39, 0.29) is 0 Å². The highest BCUT2D eigenvalue weighted by Gasteiger charge is 1.91. The van der Waals surface area contributed by atoms with Crippen LogP contribution >= 0.6 is 11.8 Å². The Kier molecular flexibility index (Phi) is 6.16. The molecule has 0 bridgehead atoms. The third-order valence-corrected chi connectivity index (χ3v) is 2.01. The van der Waals surface area contributed by atoms with Crippen molar-refractivity contribution in [1.29, 1.82) is 0 Å². The van der Waals surface area contributed by atoms with Crippen molar-refractivity contribution < 1.29 is 4.79 Å². The summed E-state index contributed by atoms with van der Waals surface area (Å²) in [5.41, 5.74) is 0. The maximum Gasteiger partial charge on any atom is 0.129 e. The Morgan fingerprint density at radius 3 is 2.67 bits per heavy atom. The van der Waals surface area contributed by atoms with E-state index < -0.39 is 0 Å². The Morgan fingerprint density at radius 1 is 1.56 bits per heavy atom. The van der Waals surface area contributed by atoms with Gasteiger partial charge in [0.15, 0.2) is 0 Å². The molecule has 0 aliphatic rings. The van der Waals surface area contributed by atoms with Gasteiger partial charge < -0.3 is 4.79 Å². The molecule has 0 heterocycles. The van der Waals surface area contributed by atoms with Gasteiger partial charge in [0, 0.05) is 6.42 Å². The van der Waals surface area contributed by atoms with Crippen LogP contribution in [0.4, 0.5) is 0 Å². The van der Waals surface area contributed by atoms with Gasteiger partial charge in [-0.25, -0.2) is 0 Å². The summed E-state index contributed by atoms with van der Waals surface area (Å²) in [5.74, 6) is 2.61. The van der Waals surface area contributed by atoms with E-state index >= 15 is 0 Å². The zero-order chi connectivity index (χ0) is 7.11. The number of ketones is 1. The average molecular weight is 146 g/mol. The predicted octanol–water partition coefficient (Wildman–Crippen LogP) is 2.11. The molecule has 0 radical (unpaired) electrons. The van der Waals surface area contributed by atoms with Crippen LogP contribution in [-0.2, 0) is 4.79 Å². The quantitative estimate of drug-likeness (QED) is 0.552. The normalized spacial score (nSPS) is 9.56. The summed E-state index contributed by atoms with van der Waals surface area (Å²) in [6, 6.07) is 0. The van der Waals surface area contributed by atoms with E-state index in [0.717, 1.165) is 24.3 Å². The Hall–Kier alpha value is 0.0200. The molecule has 0 spiro atoms. The first-order valence-corrected chi connectivity index (χ1v) is 4.50. The topological polar surface area (TPSA) is 17.1 Å². The summed E-state index contributed by atoms with van der Waals surface area (Å²) in [6.07, 6.45) is 1.81. The van der Waals surface area contributed by atoms with Crippen molar-refractivity contribution >= 4 is 17.5 Å². The fourth-order valence-corrected chi connectivity index (χ4v) is 1.20. The highest BCUT2D eigenvalue weighted by molar-refractivity contribution is 7.99. The summed E-state index contributed by atoms with van der Waals surface area (Å²) < 4.78 is 0. The van der Waals surface area contributed by atoms with Gasteiger partial charge in [-0.05, 0) is 24.9 Å². The molecule has 0 saturated carbocycles. The summed E-state index contributed by atoms with van der Waals surface area (Å²) in [4.78, 5) is 10.4. The van der Waals surface area contributed by atoms with Gasteiger partial charge in [-0.15, -0.1) is 0 Å². The molecular weight excluding hydrogens is 132 g/mol. The first kappa shape index (κ1) is 9.02. The number of rotatable bonds is 5. The SMILES string of the molecule is CCSCCCC(C)=O. The van der Waals surface area contributed by atoms with Crippen LogP contribution in [-0.4, -0.2) is 17.3 Å². The van der Waals surface area contributed by atoms with E-state index in [9.17, 15) is 4.79 Å². The van der Waals surface area contributed by atoms with Crippen molar-refractivity contribution in [3.63, 3.8) is 0 Å². The molecule has 0 amide bonds. The van der Waals surface area contributed by atoms with Gasteiger partial charge in [0.25, 0.3) is 0 Å². The van der Waals surface area contributed by atoms with Gasteiger partial charge in [-0.2, -0.15) is 11.8 Å². The Morgan fingerprint density at radius 2 is 2.22 bits per heavy atom. The van der Waals surface area contributed by atoms with Crippen LogP contribution in [0.3, 0.4) is 0 Å². The van der Waals surface area contributed by atoms with Crippen LogP contribution in [0, 0.1) is 0 Å². The standard InChI is InChI=1S/C7H14OS/c1-3-9-6-4-5-7(2)8/h3-6H2,1-2H3. The van der Waals surface area contributed by atoms with E-state index in [0.29, 0.717) is 5.78 Å². The molecule has 0 aromatic heterocycles. The minimum Gasteiger partial charge on any atom is -0.300 e. The fraction of sp³-hybridized carbons (Fsp3) is 0.857. The lowest BCUT2D eigenvalue weighted by molar-refractivity contribution is -0.117. The van der Waals surface area contributed by atoms with Crippen molar-refractivity contribution in [3.05, 3.63) is 0 Å². The molecule has 0 atom stereocenters. The summed E-state index contributed by atoms with van der Waals surface area (Å²) in [7, 11) is 0. The van der Waals surface area contributed by atoms with E-state index in [2.05, 4.69) is 6.92 Å². The third-order valence-electron chi connectivity index (χ3n) is 1.02. The highest BCUT2D eigenvalue weighted by atomic mass is 32.2. The summed E-state index contributed by atoms with van der Waals surface area (Å²) in [5, 5.41) is 0. The number of thioether (sulfide) groups is 1. The minimum absolute atomic E-state index is 0.312. The Balaban J connectivity index is 2.83. The molecule has 9 heavy (non-hydrogen) atoms. The molecule has 0 unspecified atom stereocenters. The molecule has 1 nitrogen and oxygen atoms in total. The molecular formula is C7H14OS. The van der Waals surface area contributed by atoms with Crippen LogP contribution < -0.4 is 0 Å². The monoisotopic (exact) mass is 146 g/mol. The van der Waals surface area contributed by atoms with Crippen LogP contribution in [0.2, 0.25) is 0 Å². The molecule has 0 aliphatic carbocycles. The molecule has 0 rings (SSSR count). The maximum atomic E-state index is 10.4. The maximum absolute atomic E-state index is 10.4. The van der Waals surface area contributed by atoms with Crippen molar-refractivity contribution in [1.82, 2.24) is 0 Å². The van der Waals surface area contributed by atoms with Gasteiger partial charge in [0.1, 0.15) is 5.78 Å². The molecule has 0 aromatic carbocycles. The van der Waals surface area contributed by atoms with E-state index in [1.807, 2.05) is 11.8 Å². The fourth-order valence-electron chi connectivity index (χ4n) is 0.568. The van der Waals surface area contributed by atoms with E-state index in [1.165, 1.54) is 0 Å². The summed E-state index contributed by atoms with van der Waals surface area (Å²) >= 11 is 1.90. The molecule has 54 valence electrons. The zero-order valence-electron chi connectivity index (χ0n) is 6.14. The molecule has 0 aromatic rings. The molecule has 0 saturated heterocycles. The lowest BCUT2D eigenvalue weighted by Gasteiger charge is -1.93. The molecule has 0 fully saturated rings. The molecule has 0 N–H and O–H groups in total. The first-order chi connectivity index (χ1) is 4.27. The van der Waals surface area contributed by atoms with Gasteiger partial charge in [-0.1, -0.05) is 6.92 Å². The lowest BCUT2D eigenvalue weighted by Crippen LogP contribution is -1.90. The average Bonchev–Trinajstić information content (AvgIpc) is 1.80. The van der Waals surface area contributed by atoms with Gasteiger partial charge in [-0.3, -0.25) is 0 Å². The number of Topliss-reactive ketones (excluding diaryl/α,β-unsaturated/α-hetero) is 1. The van der Waals surface area contributed by atoms with Crippen molar-refractivity contribution in [2.24, 2.45) is 0 Å². The van der Waals surface area contributed by atoms with E-state index in [4.69, 9.17) is 0 Å². The lowest BCUT2D eigenvalue weighted by atomic mass is 10.3. The van der Waals surface area contributed by atoms with Crippen LogP contribution in [0.15, 0.2) is 0 Å². The molecule has 0 aliphatic heterocycles. The van der Waals surface area contributed by atoms with Gasteiger partial charge >= 0.3 is 0 Å². The largest absolute Gasteiger partial charge is 0.300 e. The first-order valence-electron chi connectivity index (χ1n) is 3.34. The van der Waals surface area contributed by atoms with E-state index in [1.54, 1.807) is 6.92 Å². The predicted molar refractivity (Wildman–Crippen MR) is 42.9 cm³/mol. The smallest absolute Gasteiger partial charge is 0.129 e. The number of carbonyl (C=O) groups excluding carboxylic acids is 1. The Labute approximate surface area is 61.2 Å². The van der Waals surface area contributed by atoms with Crippen molar-refractivity contribution in [2.45, 2.75) is 26.7 Å². The van der Waals surface area contributed by atoms with Crippen molar-refractivity contribution in [2.75, 3.05) is 11.5 Å². The van der Waals surface area contributed by atoms with Crippen LogP contribution in [0.1, 0.15) is 26.7 Å². The Bertz CT molecular complexity index is 81.0. The highest BCUT2D eigenvalue weighted by Crippen LogP contribution is 2.02. The number of hydrogen-bond donors (Lipinski definition) is 0. The molecule has 2 heteroatoms. The van der Waals surface area contributed by atoms with Gasteiger partial charge in [0.2, 0.25) is 0 Å². The van der Waals surface area contributed by atoms with Gasteiger partial charge in [0.05, 0.1) is 0 Å². The second-order valence-corrected chi connectivity index (χ2v) is 3.40. The number of hydrogen-bond acceptors (Lipinski definition) is 2.